The predicted octanol–water partition coefficient (Wildman–Crippen LogP) is 3.92. The molecule has 0 atom stereocenters. The van der Waals surface area contributed by atoms with Crippen LogP contribution < -0.4 is 10.1 Å². The molecule has 0 radical (unpaired) electrons. The summed E-state index contributed by atoms with van der Waals surface area (Å²) in [6, 6.07) is 15.3. The Labute approximate surface area is 173 Å². The van der Waals surface area contributed by atoms with Crippen LogP contribution in [0, 0.1) is 0 Å². The molecule has 5 heteroatoms. The quantitative estimate of drug-likeness (QED) is 0.808. The maximum Gasteiger partial charge on any atom is 0.258 e. The SMILES string of the molecule is CC(C)(C)c1ccc(OCC(=O)NCc2cccc(C(=O)N3CCCC3)c2)cc1. The van der Waals surface area contributed by atoms with Gasteiger partial charge in [-0.25, -0.2) is 0 Å². The number of ether oxygens (including phenoxy) is 1. The fourth-order valence-corrected chi connectivity index (χ4v) is 3.37. The van der Waals surface area contributed by atoms with Gasteiger partial charge < -0.3 is 15.0 Å². The van der Waals surface area contributed by atoms with Gasteiger partial charge in [0.05, 0.1) is 0 Å². The molecule has 2 aromatic carbocycles. The van der Waals surface area contributed by atoms with Gasteiger partial charge in [0.25, 0.3) is 11.8 Å². The third-order valence-corrected chi connectivity index (χ3v) is 5.15. The molecule has 29 heavy (non-hydrogen) atoms. The molecule has 1 aliphatic rings. The van der Waals surface area contributed by atoms with Crippen molar-refractivity contribution in [1.82, 2.24) is 10.2 Å². The number of hydrogen-bond donors (Lipinski definition) is 1. The minimum Gasteiger partial charge on any atom is -0.484 e. The van der Waals surface area contributed by atoms with Crippen molar-refractivity contribution in [1.29, 1.82) is 0 Å². The Hall–Kier alpha value is -2.82. The van der Waals surface area contributed by atoms with Crippen LogP contribution in [0.25, 0.3) is 0 Å². The molecule has 3 rings (SSSR count). The summed E-state index contributed by atoms with van der Waals surface area (Å²) < 4.78 is 5.58. The maximum absolute atomic E-state index is 12.5. The van der Waals surface area contributed by atoms with Crippen LogP contribution in [0.5, 0.6) is 5.75 Å². The molecule has 5 nitrogen and oxygen atoms in total. The average Bonchev–Trinajstić information content (AvgIpc) is 3.25. The number of carbonyl (C=O) groups is 2. The van der Waals surface area contributed by atoms with Crippen LogP contribution in [0.2, 0.25) is 0 Å². The normalized spacial score (nSPS) is 14.0. The molecule has 0 spiro atoms. The van der Waals surface area contributed by atoms with Crippen molar-refractivity contribution in [2.45, 2.75) is 45.6 Å². The number of benzene rings is 2. The van der Waals surface area contributed by atoms with Gasteiger partial charge in [-0.05, 0) is 53.6 Å². The fourth-order valence-electron chi connectivity index (χ4n) is 3.37. The first-order valence-corrected chi connectivity index (χ1v) is 10.2. The lowest BCUT2D eigenvalue weighted by atomic mass is 9.87. The summed E-state index contributed by atoms with van der Waals surface area (Å²) in [6.07, 6.45) is 2.14. The zero-order valence-electron chi connectivity index (χ0n) is 17.5. The first kappa shape index (κ1) is 20.9. The lowest BCUT2D eigenvalue weighted by Gasteiger charge is -2.19. The summed E-state index contributed by atoms with van der Waals surface area (Å²) in [7, 11) is 0. The maximum atomic E-state index is 12.5. The first-order valence-electron chi connectivity index (χ1n) is 10.2. The van der Waals surface area contributed by atoms with Crippen molar-refractivity contribution in [3.63, 3.8) is 0 Å². The van der Waals surface area contributed by atoms with Crippen LogP contribution in [0.15, 0.2) is 48.5 Å². The Morgan fingerprint density at radius 1 is 1.03 bits per heavy atom. The monoisotopic (exact) mass is 394 g/mol. The van der Waals surface area contributed by atoms with Crippen molar-refractivity contribution < 1.29 is 14.3 Å². The van der Waals surface area contributed by atoms with Crippen molar-refractivity contribution in [3.05, 3.63) is 65.2 Å². The van der Waals surface area contributed by atoms with Crippen molar-refractivity contribution in [2.75, 3.05) is 19.7 Å². The molecule has 1 aliphatic heterocycles. The van der Waals surface area contributed by atoms with Gasteiger partial charge >= 0.3 is 0 Å². The van der Waals surface area contributed by atoms with E-state index in [1.165, 1.54) is 5.56 Å². The highest BCUT2D eigenvalue weighted by Crippen LogP contribution is 2.24. The lowest BCUT2D eigenvalue weighted by molar-refractivity contribution is -0.123. The molecule has 2 aromatic rings. The minimum atomic E-state index is -0.193. The van der Waals surface area contributed by atoms with E-state index in [0.717, 1.165) is 31.5 Å². The van der Waals surface area contributed by atoms with E-state index < -0.39 is 0 Å². The van der Waals surface area contributed by atoms with E-state index in [-0.39, 0.29) is 23.8 Å². The molecule has 0 aromatic heterocycles. The molecule has 154 valence electrons. The van der Waals surface area contributed by atoms with Crippen LogP contribution in [0.3, 0.4) is 0 Å². The van der Waals surface area contributed by atoms with Gasteiger partial charge in [-0.1, -0.05) is 45.0 Å². The number of amides is 2. The molecule has 2 amide bonds. The summed E-state index contributed by atoms with van der Waals surface area (Å²) >= 11 is 0. The van der Waals surface area contributed by atoms with Crippen LogP contribution in [0.1, 0.15) is 55.1 Å². The molecule has 0 aliphatic carbocycles. The average molecular weight is 395 g/mol. The third-order valence-electron chi connectivity index (χ3n) is 5.15. The van der Waals surface area contributed by atoms with Crippen LogP contribution in [-0.2, 0) is 16.8 Å². The summed E-state index contributed by atoms with van der Waals surface area (Å²) in [5.74, 6) is 0.547. The van der Waals surface area contributed by atoms with Crippen molar-refractivity contribution in [3.8, 4) is 5.75 Å². The number of carbonyl (C=O) groups excluding carboxylic acids is 2. The van der Waals surface area contributed by atoms with Gasteiger partial charge in [-0.3, -0.25) is 9.59 Å². The van der Waals surface area contributed by atoms with Gasteiger partial charge in [-0.2, -0.15) is 0 Å². The number of rotatable bonds is 6. The van der Waals surface area contributed by atoms with Crippen LogP contribution >= 0.6 is 0 Å². The van der Waals surface area contributed by atoms with Gasteiger partial charge in [0.1, 0.15) is 5.75 Å². The zero-order valence-corrected chi connectivity index (χ0v) is 17.5. The highest BCUT2D eigenvalue weighted by Gasteiger charge is 2.19. The molecule has 1 N–H and O–H groups in total. The summed E-state index contributed by atoms with van der Waals surface area (Å²) in [5, 5.41) is 2.85. The Kier molecular flexibility index (Phi) is 6.57. The smallest absolute Gasteiger partial charge is 0.258 e. The van der Waals surface area contributed by atoms with E-state index in [2.05, 4.69) is 26.1 Å². The predicted molar refractivity (Wildman–Crippen MR) is 114 cm³/mol. The minimum absolute atomic E-state index is 0.0404. The van der Waals surface area contributed by atoms with E-state index in [1.807, 2.05) is 53.4 Å². The lowest BCUT2D eigenvalue weighted by Crippen LogP contribution is -2.29. The second kappa shape index (κ2) is 9.12. The number of nitrogens with one attached hydrogen (secondary N) is 1. The van der Waals surface area contributed by atoms with E-state index in [1.54, 1.807) is 0 Å². The molecular formula is C24H30N2O3. The molecule has 0 bridgehead atoms. The van der Waals surface area contributed by atoms with E-state index in [4.69, 9.17) is 4.74 Å². The molecule has 0 unspecified atom stereocenters. The fraction of sp³-hybridized carbons (Fsp3) is 0.417. The molecule has 1 saturated heterocycles. The van der Waals surface area contributed by atoms with Crippen LogP contribution in [0.4, 0.5) is 0 Å². The summed E-state index contributed by atoms with van der Waals surface area (Å²) in [6.45, 7) is 8.45. The van der Waals surface area contributed by atoms with Crippen LogP contribution in [-0.4, -0.2) is 36.4 Å². The van der Waals surface area contributed by atoms with E-state index in [0.29, 0.717) is 17.9 Å². The largest absolute Gasteiger partial charge is 0.484 e. The van der Waals surface area contributed by atoms with E-state index in [9.17, 15) is 9.59 Å². The molecule has 1 fully saturated rings. The Morgan fingerprint density at radius 2 is 1.72 bits per heavy atom. The Balaban J connectivity index is 1.48. The molecule has 1 heterocycles. The molecular weight excluding hydrogens is 364 g/mol. The number of likely N-dealkylation sites (tertiary alicyclic amines) is 1. The second-order valence-corrected chi connectivity index (χ2v) is 8.54. The first-order chi connectivity index (χ1) is 13.8. The Morgan fingerprint density at radius 3 is 2.38 bits per heavy atom. The number of hydrogen-bond acceptors (Lipinski definition) is 3. The standard InChI is InChI=1S/C24H30N2O3/c1-24(2,3)20-9-11-21(12-10-20)29-17-22(27)25-16-18-7-6-8-19(15-18)23(28)26-13-4-5-14-26/h6-12,15H,4-5,13-14,16-17H2,1-3H3,(H,25,27). The Bertz CT molecular complexity index is 847. The molecule has 0 saturated carbocycles. The third kappa shape index (κ3) is 5.83. The van der Waals surface area contributed by atoms with Gasteiger partial charge in [0, 0.05) is 25.2 Å². The zero-order chi connectivity index (χ0) is 20.9. The second-order valence-electron chi connectivity index (χ2n) is 8.54. The van der Waals surface area contributed by atoms with Gasteiger partial charge in [0.15, 0.2) is 6.61 Å². The number of nitrogens with zero attached hydrogens (tertiary/aromatic N) is 1. The van der Waals surface area contributed by atoms with Gasteiger partial charge in [-0.15, -0.1) is 0 Å². The summed E-state index contributed by atoms with van der Waals surface area (Å²) in [5.41, 5.74) is 2.88. The highest BCUT2D eigenvalue weighted by molar-refractivity contribution is 5.94. The van der Waals surface area contributed by atoms with Crippen molar-refractivity contribution in [2.24, 2.45) is 0 Å². The topological polar surface area (TPSA) is 58.6 Å². The highest BCUT2D eigenvalue weighted by atomic mass is 16.5. The van der Waals surface area contributed by atoms with Gasteiger partial charge in [0.2, 0.25) is 0 Å². The summed E-state index contributed by atoms with van der Waals surface area (Å²) in [4.78, 5) is 26.5. The van der Waals surface area contributed by atoms with Crippen molar-refractivity contribution >= 4 is 11.8 Å². The van der Waals surface area contributed by atoms with E-state index >= 15 is 0 Å².